The lowest BCUT2D eigenvalue weighted by atomic mass is 10.0. The molecule has 0 fully saturated rings. The molecule has 0 bridgehead atoms. The highest BCUT2D eigenvalue weighted by Crippen LogP contribution is 2.15. The molecule has 0 aliphatic rings. The minimum absolute atomic E-state index is 0.0513. The van der Waals surface area contributed by atoms with Gasteiger partial charge in [0.25, 0.3) is 0 Å². The maximum Gasteiger partial charge on any atom is 0.0940 e. The molecule has 0 saturated heterocycles. The number of aliphatic hydroxyl groups is 2. The quantitative estimate of drug-likeness (QED) is 0.648. The molecule has 2 atom stereocenters. The fourth-order valence-corrected chi connectivity index (χ4v) is 1.34. The van der Waals surface area contributed by atoms with E-state index in [1.165, 1.54) is 0 Å². The topological polar surface area (TPSA) is 52.5 Å². The van der Waals surface area contributed by atoms with Crippen molar-refractivity contribution >= 4 is 0 Å². The van der Waals surface area contributed by atoms with E-state index in [1.807, 2.05) is 37.3 Å². The van der Waals surface area contributed by atoms with Crippen molar-refractivity contribution in [2.75, 3.05) is 13.2 Å². The molecular weight excluding hydrogens is 178 g/mol. The third kappa shape index (κ3) is 3.10. The summed E-state index contributed by atoms with van der Waals surface area (Å²) in [4.78, 5) is 0. The Morgan fingerprint density at radius 1 is 1.29 bits per heavy atom. The Labute approximate surface area is 84.4 Å². The lowest BCUT2D eigenvalue weighted by Crippen LogP contribution is -2.34. The molecule has 0 unspecified atom stereocenters. The fraction of sp³-hybridized carbons (Fsp3) is 0.455. The predicted octanol–water partition coefficient (Wildman–Crippen LogP) is 0.690. The summed E-state index contributed by atoms with van der Waals surface area (Å²) in [5, 5.41) is 21.5. The number of nitrogens with one attached hydrogen (secondary N) is 1. The van der Waals surface area contributed by atoms with E-state index in [9.17, 15) is 5.11 Å². The summed E-state index contributed by atoms with van der Waals surface area (Å²) in [5.41, 5.74) is 0.894. The Kier molecular flexibility index (Phi) is 4.59. The average Bonchev–Trinajstić information content (AvgIpc) is 2.26. The molecule has 3 heteroatoms. The van der Waals surface area contributed by atoms with Crippen molar-refractivity contribution < 1.29 is 10.2 Å². The number of benzene rings is 1. The van der Waals surface area contributed by atoms with Crippen LogP contribution in [0.4, 0.5) is 0 Å². The Hall–Kier alpha value is -0.900. The second-order valence-corrected chi connectivity index (χ2v) is 3.32. The van der Waals surface area contributed by atoms with Gasteiger partial charge in [-0.2, -0.15) is 0 Å². The zero-order valence-electron chi connectivity index (χ0n) is 8.35. The summed E-state index contributed by atoms with van der Waals surface area (Å²) >= 11 is 0. The predicted molar refractivity (Wildman–Crippen MR) is 56.0 cm³/mol. The summed E-state index contributed by atoms with van der Waals surface area (Å²) in [5.74, 6) is 0. The molecule has 14 heavy (non-hydrogen) atoms. The first-order valence-corrected chi connectivity index (χ1v) is 4.83. The van der Waals surface area contributed by atoms with Gasteiger partial charge in [0.05, 0.1) is 12.7 Å². The number of aliphatic hydroxyl groups excluding tert-OH is 2. The average molecular weight is 195 g/mol. The molecule has 0 aliphatic carbocycles. The molecule has 0 radical (unpaired) electrons. The van der Waals surface area contributed by atoms with Gasteiger partial charge in [-0.15, -0.1) is 0 Å². The van der Waals surface area contributed by atoms with Crippen LogP contribution in [0.15, 0.2) is 30.3 Å². The molecule has 0 aliphatic heterocycles. The molecule has 0 aromatic heterocycles. The zero-order chi connectivity index (χ0) is 10.4. The monoisotopic (exact) mass is 195 g/mol. The van der Waals surface area contributed by atoms with E-state index >= 15 is 0 Å². The first-order chi connectivity index (χ1) is 6.75. The summed E-state index contributed by atoms with van der Waals surface area (Å²) in [7, 11) is 0. The molecule has 1 aromatic carbocycles. The smallest absolute Gasteiger partial charge is 0.0940 e. The third-order valence-electron chi connectivity index (χ3n) is 2.19. The summed E-state index contributed by atoms with van der Waals surface area (Å²) in [6, 6.07) is 9.45. The molecule has 0 amide bonds. The zero-order valence-corrected chi connectivity index (χ0v) is 8.35. The van der Waals surface area contributed by atoms with E-state index in [0.29, 0.717) is 6.54 Å². The van der Waals surface area contributed by atoms with Gasteiger partial charge in [0.1, 0.15) is 0 Å². The molecule has 1 rings (SSSR count). The highest BCUT2D eigenvalue weighted by Gasteiger charge is 2.14. The summed E-state index contributed by atoms with van der Waals surface area (Å²) < 4.78 is 0. The normalized spacial score (nSPS) is 15.1. The number of hydrogen-bond acceptors (Lipinski definition) is 3. The van der Waals surface area contributed by atoms with Crippen molar-refractivity contribution in [3.05, 3.63) is 35.9 Å². The van der Waals surface area contributed by atoms with Gasteiger partial charge >= 0.3 is 0 Å². The maximum atomic E-state index is 9.87. The third-order valence-corrected chi connectivity index (χ3v) is 2.19. The molecule has 1 aromatic rings. The van der Waals surface area contributed by atoms with Crippen molar-refractivity contribution in [3.8, 4) is 0 Å². The summed E-state index contributed by atoms with van der Waals surface area (Å²) in [6.07, 6.45) is -0.525. The van der Waals surface area contributed by atoms with Crippen LogP contribution >= 0.6 is 0 Å². The maximum absolute atomic E-state index is 9.87. The standard InChI is InChI=1S/C11H17NO2/c1-9(12-7-8-13)11(14)10-5-3-2-4-6-10/h2-6,9,11-14H,7-8H2,1H3/t9-,11+/m1/s1. The Morgan fingerprint density at radius 3 is 2.50 bits per heavy atom. The largest absolute Gasteiger partial charge is 0.395 e. The van der Waals surface area contributed by atoms with Crippen molar-refractivity contribution in [1.82, 2.24) is 5.32 Å². The lowest BCUT2D eigenvalue weighted by molar-refractivity contribution is 0.132. The van der Waals surface area contributed by atoms with Gasteiger partial charge in [-0.1, -0.05) is 30.3 Å². The van der Waals surface area contributed by atoms with E-state index in [4.69, 9.17) is 5.11 Å². The van der Waals surface area contributed by atoms with Crippen LogP contribution in [0.2, 0.25) is 0 Å². The second kappa shape index (κ2) is 5.75. The Morgan fingerprint density at radius 2 is 1.93 bits per heavy atom. The van der Waals surface area contributed by atoms with Gasteiger partial charge in [-0.3, -0.25) is 0 Å². The lowest BCUT2D eigenvalue weighted by Gasteiger charge is -2.20. The van der Waals surface area contributed by atoms with Gasteiger partial charge in [0, 0.05) is 12.6 Å². The van der Waals surface area contributed by atoms with Crippen LogP contribution in [0.3, 0.4) is 0 Å². The highest BCUT2D eigenvalue weighted by atomic mass is 16.3. The molecule has 3 nitrogen and oxygen atoms in total. The van der Waals surface area contributed by atoms with Crippen molar-refractivity contribution in [3.63, 3.8) is 0 Å². The SMILES string of the molecule is C[C@@H](NCCO)[C@H](O)c1ccccc1. The number of rotatable bonds is 5. The minimum Gasteiger partial charge on any atom is -0.395 e. The Bertz CT molecular complexity index is 251. The van der Waals surface area contributed by atoms with Crippen LogP contribution in [0.1, 0.15) is 18.6 Å². The second-order valence-electron chi connectivity index (χ2n) is 3.32. The van der Waals surface area contributed by atoms with E-state index in [2.05, 4.69) is 5.32 Å². The minimum atomic E-state index is -0.525. The van der Waals surface area contributed by atoms with E-state index in [1.54, 1.807) is 0 Å². The van der Waals surface area contributed by atoms with Crippen LogP contribution in [0, 0.1) is 0 Å². The van der Waals surface area contributed by atoms with Gasteiger partial charge in [-0.25, -0.2) is 0 Å². The van der Waals surface area contributed by atoms with Crippen molar-refractivity contribution in [2.45, 2.75) is 19.1 Å². The van der Waals surface area contributed by atoms with Crippen LogP contribution < -0.4 is 5.32 Å². The molecule has 78 valence electrons. The molecule has 0 heterocycles. The van der Waals surface area contributed by atoms with E-state index < -0.39 is 6.10 Å². The van der Waals surface area contributed by atoms with E-state index in [-0.39, 0.29) is 12.6 Å². The summed E-state index contributed by atoms with van der Waals surface area (Å²) in [6.45, 7) is 2.49. The van der Waals surface area contributed by atoms with Crippen LogP contribution in [0.5, 0.6) is 0 Å². The van der Waals surface area contributed by atoms with Crippen molar-refractivity contribution in [1.29, 1.82) is 0 Å². The van der Waals surface area contributed by atoms with E-state index in [0.717, 1.165) is 5.56 Å². The van der Waals surface area contributed by atoms with Gasteiger partial charge in [-0.05, 0) is 12.5 Å². The highest BCUT2D eigenvalue weighted by molar-refractivity contribution is 5.18. The fourth-order valence-electron chi connectivity index (χ4n) is 1.34. The van der Waals surface area contributed by atoms with Gasteiger partial charge in [0.15, 0.2) is 0 Å². The van der Waals surface area contributed by atoms with Crippen LogP contribution in [-0.2, 0) is 0 Å². The van der Waals surface area contributed by atoms with Gasteiger partial charge in [0.2, 0.25) is 0 Å². The number of hydrogen-bond donors (Lipinski definition) is 3. The molecule has 3 N–H and O–H groups in total. The molecular formula is C11H17NO2. The van der Waals surface area contributed by atoms with Crippen molar-refractivity contribution in [2.24, 2.45) is 0 Å². The van der Waals surface area contributed by atoms with Crippen LogP contribution in [-0.4, -0.2) is 29.4 Å². The van der Waals surface area contributed by atoms with Crippen LogP contribution in [0.25, 0.3) is 0 Å². The Balaban J connectivity index is 2.52. The first-order valence-electron chi connectivity index (χ1n) is 4.83. The van der Waals surface area contributed by atoms with Gasteiger partial charge < -0.3 is 15.5 Å². The molecule has 0 saturated carbocycles. The first kappa shape index (κ1) is 11.2. The molecule has 0 spiro atoms.